The molecule has 3 aromatic rings. The number of aromatic nitrogens is 3. The molecule has 3 rings (SSSR count). The standard InChI is InChI=1S/C20H26N4O/c1-6-24-16(5)19(15(4)23-24)14(3)21-11-18-12-25-20(22-18)17-9-7-13(2)8-10-17/h7-10,12,14,21H,6,11H2,1-5H3/t14-/m0/s1. The summed E-state index contributed by atoms with van der Waals surface area (Å²) in [5.41, 5.74) is 6.70. The molecule has 1 aromatic carbocycles. The first-order chi connectivity index (χ1) is 12.0. The van der Waals surface area contributed by atoms with Crippen molar-refractivity contribution in [3.8, 4) is 11.5 Å². The molecule has 132 valence electrons. The highest BCUT2D eigenvalue weighted by atomic mass is 16.3. The van der Waals surface area contributed by atoms with Crippen molar-refractivity contribution >= 4 is 0 Å². The van der Waals surface area contributed by atoms with Crippen LogP contribution in [0.25, 0.3) is 11.5 Å². The predicted octanol–water partition coefficient (Wildman–Crippen LogP) is 4.33. The van der Waals surface area contributed by atoms with Gasteiger partial charge in [-0.15, -0.1) is 0 Å². The monoisotopic (exact) mass is 338 g/mol. The van der Waals surface area contributed by atoms with E-state index in [0.29, 0.717) is 12.4 Å². The molecule has 2 heterocycles. The summed E-state index contributed by atoms with van der Waals surface area (Å²) in [7, 11) is 0. The smallest absolute Gasteiger partial charge is 0.226 e. The average molecular weight is 338 g/mol. The molecule has 0 saturated carbocycles. The van der Waals surface area contributed by atoms with Gasteiger partial charge in [0.05, 0.1) is 11.4 Å². The maximum atomic E-state index is 5.63. The van der Waals surface area contributed by atoms with E-state index in [2.05, 4.69) is 66.8 Å². The minimum absolute atomic E-state index is 0.208. The number of aryl methyl sites for hydroxylation is 3. The second-order valence-corrected chi connectivity index (χ2v) is 6.51. The number of hydrogen-bond acceptors (Lipinski definition) is 4. The Labute approximate surface area is 149 Å². The summed E-state index contributed by atoms with van der Waals surface area (Å²) in [6, 6.07) is 8.41. The topological polar surface area (TPSA) is 55.9 Å². The summed E-state index contributed by atoms with van der Waals surface area (Å²) in [5.74, 6) is 0.663. The third kappa shape index (κ3) is 3.66. The van der Waals surface area contributed by atoms with Crippen molar-refractivity contribution < 1.29 is 4.42 Å². The van der Waals surface area contributed by atoms with Gasteiger partial charge in [0.15, 0.2) is 0 Å². The van der Waals surface area contributed by atoms with Crippen LogP contribution in [0.5, 0.6) is 0 Å². The summed E-state index contributed by atoms with van der Waals surface area (Å²) in [5, 5.41) is 8.13. The SMILES string of the molecule is CCn1nc(C)c([C@H](C)NCc2coc(-c3ccc(C)cc3)n2)c1C. The van der Waals surface area contributed by atoms with Crippen molar-refractivity contribution in [1.82, 2.24) is 20.1 Å². The van der Waals surface area contributed by atoms with Crippen LogP contribution in [0.1, 0.15) is 48.1 Å². The quantitative estimate of drug-likeness (QED) is 0.726. The maximum Gasteiger partial charge on any atom is 0.226 e. The molecule has 25 heavy (non-hydrogen) atoms. The number of rotatable bonds is 6. The fourth-order valence-electron chi connectivity index (χ4n) is 3.22. The Kier molecular flexibility index (Phi) is 5.04. The summed E-state index contributed by atoms with van der Waals surface area (Å²) in [4.78, 5) is 4.59. The minimum Gasteiger partial charge on any atom is -0.444 e. The van der Waals surface area contributed by atoms with E-state index in [-0.39, 0.29) is 6.04 Å². The van der Waals surface area contributed by atoms with E-state index in [1.54, 1.807) is 6.26 Å². The highest BCUT2D eigenvalue weighted by Crippen LogP contribution is 2.23. The van der Waals surface area contributed by atoms with E-state index >= 15 is 0 Å². The molecule has 5 heteroatoms. The van der Waals surface area contributed by atoms with E-state index in [4.69, 9.17) is 4.42 Å². The first-order valence-electron chi connectivity index (χ1n) is 8.78. The second-order valence-electron chi connectivity index (χ2n) is 6.51. The fraction of sp³-hybridized carbons (Fsp3) is 0.400. The van der Waals surface area contributed by atoms with E-state index in [0.717, 1.165) is 23.5 Å². The zero-order valence-electron chi connectivity index (χ0n) is 15.6. The van der Waals surface area contributed by atoms with Gasteiger partial charge in [0.25, 0.3) is 0 Å². The molecule has 0 aliphatic rings. The van der Waals surface area contributed by atoms with Crippen LogP contribution in [0.15, 0.2) is 34.9 Å². The zero-order chi connectivity index (χ0) is 18.0. The van der Waals surface area contributed by atoms with Crippen molar-refractivity contribution in [2.45, 2.75) is 53.8 Å². The minimum atomic E-state index is 0.208. The number of hydrogen-bond donors (Lipinski definition) is 1. The lowest BCUT2D eigenvalue weighted by Crippen LogP contribution is -2.19. The highest BCUT2D eigenvalue weighted by Gasteiger charge is 2.17. The van der Waals surface area contributed by atoms with Crippen LogP contribution in [0.4, 0.5) is 0 Å². The van der Waals surface area contributed by atoms with Crippen LogP contribution in [0.2, 0.25) is 0 Å². The Hall–Kier alpha value is -2.40. The van der Waals surface area contributed by atoms with Gasteiger partial charge in [-0.1, -0.05) is 17.7 Å². The molecule has 0 aliphatic heterocycles. The van der Waals surface area contributed by atoms with E-state index in [9.17, 15) is 0 Å². The van der Waals surface area contributed by atoms with Gasteiger partial charge in [-0.05, 0) is 46.8 Å². The van der Waals surface area contributed by atoms with Crippen molar-refractivity contribution in [1.29, 1.82) is 0 Å². The molecule has 0 unspecified atom stereocenters. The Morgan fingerprint density at radius 2 is 1.88 bits per heavy atom. The van der Waals surface area contributed by atoms with Crippen molar-refractivity contribution in [3.05, 3.63) is 58.7 Å². The van der Waals surface area contributed by atoms with Gasteiger partial charge in [0.2, 0.25) is 5.89 Å². The van der Waals surface area contributed by atoms with E-state index < -0.39 is 0 Å². The molecule has 0 bridgehead atoms. The van der Waals surface area contributed by atoms with Crippen molar-refractivity contribution in [2.24, 2.45) is 0 Å². The molecular weight excluding hydrogens is 312 g/mol. The normalized spacial score (nSPS) is 12.5. The number of benzene rings is 1. The fourth-order valence-corrected chi connectivity index (χ4v) is 3.22. The molecular formula is C20H26N4O. The van der Waals surface area contributed by atoms with Crippen LogP contribution in [0.3, 0.4) is 0 Å². The average Bonchev–Trinajstić information content (AvgIpc) is 3.18. The van der Waals surface area contributed by atoms with E-state index in [1.165, 1.54) is 16.8 Å². The Bertz CT molecular complexity index is 845. The number of oxazole rings is 1. The zero-order valence-corrected chi connectivity index (χ0v) is 15.6. The van der Waals surface area contributed by atoms with E-state index in [1.807, 2.05) is 12.1 Å². The lowest BCUT2D eigenvalue weighted by molar-refractivity contribution is 0.549. The molecule has 0 saturated heterocycles. The van der Waals surface area contributed by atoms with Gasteiger partial charge in [0.1, 0.15) is 6.26 Å². The lowest BCUT2D eigenvalue weighted by Gasteiger charge is -2.14. The summed E-state index contributed by atoms with van der Waals surface area (Å²) < 4.78 is 7.68. The van der Waals surface area contributed by atoms with Gasteiger partial charge in [-0.2, -0.15) is 5.10 Å². The van der Waals surface area contributed by atoms with Crippen LogP contribution in [0, 0.1) is 20.8 Å². The molecule has 2 aromatic heterocycles. The number of nitrogens with zero attached hydrogens (tertiary/aromatic N) is 3. The van der Waals surface area contributed by atoms with Gasteiger partial charge in [0, 0.05) is 36.0 Å². The molecule has 0 spiro atoms. The van der Waals surface area contributed by atoms with Gasteiger partial charge in [-0.25, -0.2) is 4.98 Å². The molecule has 1 N–H and O–H groups in total. The van der Waals surface area contributed by atoms with Gasteiger partial charge in [-0.3, -0.25) is 4.68 Å². The van der Waals surface area contributed by atoms with Gasteiger partial charge < -0.3 is 9.73 Å². The molecule has 1 atom stereocenters. The van der Waals surface area contributed by atoms with Crippen LogP contribution in [-0.4, -0.2) is 14.8 Å². The second kappa shape index (κ2) is 7.23. The van der Waals surface area contributed by atoms with Crippen molar-refractivity contribution in [2.75, 3.05) is 0 Å². The van der Waals surface area contributed by atoms with Crippen LogP contribution in [-0.2, 0) is 13.1 Å². The Morgan fingerprint density at radius 1 is 1.16 bits per heavy atom. The first-order valence-corrected chi connectivity index (χ1v) is 8.78. The molecule has 0 amide bonds. The first kappa shape index (κ1) is 17.4. The lowest BCUT2D eigenvalue weighted by atomic mass is 10.1. The Balaban J connectivity index is 1.68. The largest absolute Gasteiger partial charge is 0.444 e. The molecule has 5 nitrogen and oxygen atoms in total. The molecule has 0 radical (unpaired) electrons. The summed E-state index contributed by atoms with van der Waals surface area (Å²) >= 11 is 0. The van der Waals surface area contributed by atoms with Crippen LogP contribution < -0.4 is 5.32 Å². The maximum absolute atomic E-state index is 5.63. The van der Waals surface area contributed by atoms with Crippen molar-refractivity contribution in [3.63, 3.8) is 0 Å². The Morgan fingerprint density at radius 3 is 2.52 bits per heavy atom. The summed E-state index contributed by atoms with van der Waals surface area (Å²) in [6.45, 7) is 12.1. The highest BCUT2D eigenvalue weighted by molar-refractivity contribution is 5.53. The third-order valence-corrected chi connectivity index (χ3v) is 4.61. The number of nitrogens with one attached hydrogen (secondary N) is 1. The van der Waals surface area contributed by atoms with Gasteiger partial charge >= 0.3 is 0 Å². The third-order valence-electron chi connectivity index (χ3n) is 4.61. The molecule has 0 aliphatic carbocycles. The predicted molar refractivity (Wildman–Crippen MR) is 99.3 cm³/mol. The van der Waals surface area contributed by atoms with Crippen LogP contribution >= 0.6 is 0 Å². The summed E-state index contributed by atoms with van der Waals surface area (Å²) in [6.07, 6.45) is 1.73. The molecule has 0 fully saturated rings.